The molecule has 2 aliphatic rings. The van der Waals surface area contributed by atoms with Gasteiger partial charge in [-0.3, -0.25) is 0 Å². The highest BCUT2D eigenvalue weighted by atomic mass is 16.5. The average molecular weight is 234 g/mol. The third kappa shape index (κ3) is 2.34. The third-order valence-electron chi connectivity index (χ3n) is 3.43. The van der Waals surface area contributed by atoms with Crippen molar-refractivity contribution < 1.29 is 4.74 Å². The number of anilines is 2. The first-order chi connectivity index (χ1) is 8.36. The van der Waals surface area contributed by atoms with Crippen molar-refractivity contribution in [2.75, 3.05) is 24.3 Å². The van der Waals surface area contributed by atoms with Gasteiger partial charge >= 0.3 is 0 Å². The van der Waals surface area contributed by atoms with Crippen LogP contribution in [0.5, 0.6) is 0 Å². The average Bonchev–Trinajstić information content (AvgIpc) is 3.11. The zero-order chi connectivity index (χ0) is 11.7. The monoisotopic (exact) mass is 234 g/mol. The Balaban J connectivity index is 1.68. The van der Waals surface area contributed by atoms with Crippen LogP contribution in [0.2, 0.25) is 0 Å². The Hall–Kier alpha value is -1.36. The molecule has 2 fully saturated rings. The summed E-state index contributed by atoms with van der Waals surface area (Å²) in [6.45, 7) is 0.864. The van der Waals surface area contributed by atoms with Gasteiger partial charge in [0.25, 0.3) is 0 Å². The van der Waals surface area contributed by atoms with Crippen molar-refractivity contribution in [3.8, 4) is 0 Å². The standard InChI is InChI=1S/C12H18N4O/c1-13-12-14-6-4-10(16-12)15-9-5-7-17-11(9)8-2-3-8/h4,6,8-9,11H,2-3,5,7H2,1H3,(H2,13,14,15,16). The van der Waals surface area contributed by atoms with Gasteiger partial charge < -0.3 is 15.4 Å². The first-order valence-corrected chi connectivity index (χ1v) is 6.26. The van der Waals surface area contributed by atoms with Crippen molar-refractivity contribution in [1.82, 2.24) is 9.97 Å². The minimum Gasteiger partial charge on any atom is -0.376 e. The zero-order valence-electron chi connectivity index (χ0n) is 10.0. The van der Waals surface area contributed by atoms with E-state index in [1.807, 2.05) is 13.1 Å². The molecule has 1 aliphatic carbocycles. The molecule has 2 heterocycles. The van der Waals surface area contributed by atoms with Crippen LogP contribution in [0.1, 0.15) is 19.3 Å². The van der Waals surface area contributed by atoms with Gasteiger partial charge in [0.2, 0.25) is 5.95 Å². The number of nitrogens with one attached hydrogen (secondary N) is 2. The molecule has 0 radical (unpaired) electrons. The first-order valence-electron chi connectivity index (χ1n) is 6.26. The van der Waals surface area contributed by atoms with Gasteiger partial charge in [0.15, 0.2) is 0 Å². The zero-order valence-corrected chi connectivity index (χ0v) is 10.0. The van der Waals surface area contributed by atoms with Crippen LogP contribution in [-0.4, -0.2) is 35.8 Å². The number of hydrogen-bond donors (Lipinski definition) is 2. The van der Waals surface area contributed by atoms with Crippen molar-refractivity contribution in [2.45, 2.75) is 31.4 Å². The van der Waals surface area contributed by atoms with Crippen LogP contribution < -0.4 is 10.6 Å². The molecule has 1 saturated heterocycles. The summed E-state index contributed by atoms with van der Waals surface area (Å²) < 4.78 is 5.80. The van der Waals surface area contributed by atoms with E-state index in [0.717, 1.165) is 24.8 Å². The summed E-state index contributed by atoms with van der Waals surface area (Å²) in [7, 11) is 1.82. The molecule has 0 aromatic carbocycles. The number of nitrogens with zero attached hydrogens (tertiary/aromatic N) is 2. The van der Waals surface area contributed by atoms with Crippen molar-refractivity contribution in [2.24, 2.45) is 5.92 Å². The molecule has 92 valence electrons. The maximum Gasteiger partial charge on any atom is 0.224 e. The minimum absolute atomic E-state index is 0.378. The van der Waals surface area contributed by atoms with Gasteiger partial charge in [-0.05, 0) is 31.2 Å². The summed E-state index contributed by atoms with van der Waals surface area (Å²) >= 11 is 0. The molecular weight excluding hydrogens is 216 g/mol. The fourth-order valence-corrected chi connectivity index (χ4v) is 2.40. The van der Waals surface area contributed by atoms with E-state index in [0.29, 0.717) is 18.1 Å². The maximum atomic E-state index is 5.80. The van der Waals surface area contributed by atoms with Crippen LogP contribution in [-0.2, 0) is 4.74 Å². The quantitative estimate of drug-likeness (QED) is 0.826. The van der Waals surface area contributed by atoms with E-state index >= 15 is 0 Å². The summed E-state index contributed by atoms with van der Waals surface area (Å²) in [5.41, 5.74) is 0. The van der Waals surface area contributed by atoms with E-state index in [1.165, 1.54) is 12.8 Å². The Morgan fingerprint density at radius 2 is 2.24 bits per heavy atom. The Bertz CT molecular complexity index is 394. The minimum atomic E-state index is 0.378. The molecule has 0 bridgehead atoms. The molecule has 2 atom stereocenters. The largest absolute Gasteiger partial charge is 0.376 e. The molecule has 0 amide bonds. The molecule has 1 saturated carbocycles. The molecule has 1 aromatic rings. The molecule has 3 rings (SSSR count). The SMILES string of the molecule is CNc1nccc(NC2CCOC2C2CC2)n1. The lowest BCUT2D eigenvalue weighted by molar-refractivity contribution is 0.0898. The van der Waals surface area contributed by atoms with Crippen molar-refractivity contribution in [3.63, 3.8) is 0 Å². The van der Waals surface area contributed by atoms with Gasteiger partial charge in [0, 0.05) is 19.9 Å². The van der Waals surface area contributed by atoms with Gasteiger partial charge in [-0.25, -0.2) is 4.98 Å². The smallest absolute Gasteiger partial charge is 0.224 e. The number of aromatic nitrogens is 2. The van der Waals surface area contributed by atoms with Gasteiger partial charge in [-0.15, -0.1) is 0 Å². The predicted octanol–water partition coefficient (Wildman–Crippen LogP) is 1.50. The van der Waals surface area contributed by atoms with Crippen LogP contribution in [0.25, 0.3) is 0 Å². The van der Waals surface area contributed by atoms with E-state index in [1.54, 1.807) is 6.20 Å². The molecule has 5 heteroatoms. The summed E-state index contributed by atoms with van der Waals surface area (Å²) in [6, 6.07) is 2.31. The fraction of sp³-hybridized carbons (Fsp3) is 0.667. The molecule has 0 spiro atoms. The Morgan fingerprint density at radius 3 is 3.00 bits per heavy atom. The summed E-state index contributed by atoms with van der Waals surface area (Å²) in [5.74, 6) is 2.29. The second-order valence-corrected chi connectivity index (χ2v) is 4.73. The Kier molecular flexibility index (Phi) is 2.84. The fourth-order valence-electron chi connectivity index (χ4n) is 2.40. The lowest BCUT2D eigenvalue weighted by Crippen LogP contribution is -2.31. The van der Waals surface area contributed by atoms with E-state index in [-0.39, 0.29) is 0 Å². The number of rotatable bonds is 4. The number of hydrogen-bond acceptors (Lipinski definition) is 5. The van der Waals surface area contributed by atoms with E-state index in [9.17, 15) is 0 Å². The maximum absolute atomic E-state index is 5.80. The van der Waals surface area contributed by atoms with Crippen LogP contribution in [0.3, 0.4) is 0 Å². The number of ether oxygens (including phenoxy) is 1. The molecule has 2 N–H and O–H groups in total. The summed E-state index contributed by atoms with van der Waals surface area (Å²) in [6.07, 6.45) is 5.84. The van der Waals surface area contributed by atoms with Crippen LogP contribution in [0.4, 0.5) is 11.8 Å². The molecule has 17 heavy (non-hydrogen) atoms. The lowest BCUT2D eigenvalue weighted by atomic mass is 10.1. The molecular formula is C12H18N4O. The first kappa shape index (κ1) is 10.8. The Labute approximate surface area is 101 Å². The van der Waals surface area contributed by atoms with Gasteiger partial charge in [-0.1, -0.05) is 0 Å². The van der Waals surface area contributed by atoms with Gasteiger partial charge in [0.1, 0.15) is 5.82 Å². The topological polar surface area (TPSA) is 59.1 Å². The highest BCUT2D eigenvalue weighted by Crippen LogP contribution is 2.39. The van der Waals surface area contributed by atoms with Crippen molar-refractivity contribution in [1.29, 1.82) is 0 Å². The van der Waals surface area contributed by atoms with Crippen LogP contribution in [0.15, 0.2) is 12.3 Å². The molecule has 1 aromatic heterocycles. The van der Waals surface area contributed by atoms with E-state index in [4.69, 9.17) is 4.74 Å². The predicted molar refractivity (Wildman–Crippen MR) is 66.1 cm³/mol. The summed E-state index contributed by atoms with van der Waals surface area (Å²) in [5, 5.41) is 6.42. The molecule has 2 unspecified atom stereocenters. The second kappa shape index (κ2) is 4.49. The van der Waals surface area contributed by atoms with E-state index in [2.05, 4.69) is 20.6 Å². The third-order valence-corrected chi connectivity index (χ3v) is 3.43. The van der Waals surface area contributed by atoms with Crippen molar-refractivity contribution >= 4 is 11.8 Å². The van der Waals surface area contributed by atoms with Crippen molar-refractivity contribution in [3.05, 3.63) is 12.3 Å². The second-order valence-electron chi connectivity index (χ2n) is 4.73. The van der Waals surface area contributed by atoms with Gasteiger partial charge in [0.05, 0.1) is 12.1 Å². The van der Waals surface area contributed by atoms with E-state index < -0.39 is 0 Å². The highest BCUT2D eigenvalue weighted by molar-refractivity contribution is 5.40. The molecule has 1 aliphatic heterocycles. The molecule has 5 nitrogen and oxygen atoms in total. The normalized spacial score (nSPS) is 28.1. The van der Waals surface area contributed by atoms with Crippen LogP contribution in [0, 0.1) is 5.92 Å². The van der Waals surface area contributed by atoms with Gasteiger partial charge in [-0.2, -0.15) is 4.98 Å². The highest BCUT2D eigenvalue weighted by Gasteiger charge is 2.40. The summed E-state index contributed by atoms with van der Waals surface area (Å²) in [4.78, 5) is 8.49. The lowest BCUT2D eigenvalue weighted by Gasteiger charge is -2.20. The Morgan fingerprint density at radius 1 is 1.35 bits per heavy atom. The van der Waals surface area contributed by atoms with Crippen LogP contribution >= 0.6 is 0 Å².